The number of alkyl halides is 1. The van der Waals surface area contributed by atoms with Crippen molar-refractivity contribution in [3.8, 4) is 6.07 Å². The van der Waals surface area contributed by atoms with Crippen LogP contribution in [0, 0.1) is 23.0 Å². The first-order chi connectivity index (χ1) is 13.2. The average Bonchev–Trinajstić information content (AvgIpc) is 3.00. The van der Waals surface area contributed by atoms with Crippen molar-refractivity contribution >= 4 is 22.9 Å². The van der Waals surface area contributed by atoms with Crippen LogP contribution in [0.2, 0.25) is 0 Å². The van der Waals surface area contributed by atoms with Gasteiger partial charge in [-0.2, -0.15) is 5.26 Å². The van der Waals surface area contributed by atoms with Gasteiger partial charge in [-0.1, -0.05) is 0 Å². The summed E-state index contributed by atoms with van der Waals surface area (Å²) in [5, 5.41) is 9.02. The van der Waals surface area contributed by atoms with Crippen molar-refractivity contribution in [2.24, 2.45) is 5.73 Å². The summed E-state index contributed by atoms with van der Waals surface area (Å²) in [4.78, 5) is 19.9. The summed E-state index contributed by atoms with van der Waals surface area (Å²) >= 11 is 0. The minimum atomic E-state index is -1.15. The fraction of sp³-hybridized carbons (Fsp3) is 0.500. The van der Waals surface area contributed by atoms with E-state index in [0.717, 1.165) is 12.1 Å². The number of carbonyl (C=O) groups is 1. The number of benzene rings is 1. The van der Waals surface area contributed by atoms with Crippen LogP contribution in [0.1, 0.15) is 13.3 Å². The summed E-state index contributed by atoms with van der Waals surface area (Å²) in [6.07, 6.45) is -0.958. The van der Waals surface area contributed by atoms with Gasteiger partial charge in [0.05, 0.1) is 23.1 Å². The van der Waals surface area contributed by atoms with Crippen LogP contribution in [0.3, 0.4) is 0 Å². The highest BCUT2D eigenvalue weighted by Gasteiger charge is 2.30. The van der Waals surface area contributed by atoms with Crippen LogP contribution in [-0.2, 0) is 11.3 Å². The van der Waals surface area contributed by atoms with E-state index in [0.29, 0.717) is 6.54 Å². The normalized spacial score (nSPS) is 20.8. The van der Waals surface area contributed by atoms with E-state index in [1.54, 1.807) is 11.8 Å². The molecule has 28 heavy (non-hydrogen) atoms. The predicted octanol–water partition coefficient (Wildman–Crippen LogP) is 1.56. The lowest BCUT2D eigenvalue weighted by atomic mass is 10.1. The fourth-order valence-corrected chi connectivity index (χ4v) is 3.19. The Balaban J connectivity index is 2.04. The summed E-state index contributed by atoms with van der Waals surface area (Å²) in [6.45, 7) is 1.81. The van der Waals surface area contributed by atoms with Crippen molar-refractivity contribution in [1.82, 2.24) is 14.5 Å². The number of anilines is 1. The number of rotatable bonds is 4. The van der Waals surface area contributed by atoms with Gasteiger partial charge in [0, 0.05) is 32.3 Å². The predicted molar refractivity (Wildman–Crippen MR) is 97.2 cm³/mol. The summed E-state index contributed by atoms with van der Waals surface area (Å²) in [6, 6.07) is 2.52. The van der Waals surface area contributed by atoms with Crippen LogP contribution in [0.5, 0.6) is 0 Å². The second-order valence-electron chi connectivity index (χ2n) is 6.98. The molecular weight excluding hydrogens is 373 g/mol. The van der Waals surface area contributed by atoms with Crippen LogP contribution in [0.4, 0.5) is 19.1 Å². The molecule has 3 rings (SSSR count). The van der Waals surface area contributed by atoms with E-state index in [-0.39, 0.29) is 36.5 Å². The number of aromatic nitrogens is 2. The highest BCUT2D eigenvalue weighted by molar-refractivity contribution is 5.83. The maximum Gasteiger partial charge on any atom is 0.243 e. The maximum absolute atomic E-state index is 13.8. The molecule has 1 aromatic heterocycles. The number of carbonyl (C=O) groups excluding carboxylic acids is 1. The van der Waals surface area contributed by atoms with Crippen molar-refractivity contribution in [2.45, 2.75) is 38.1 Å². The Morgan fingerprint density at radius 2 is 2.14 bits per heavy atom. The molecule has 0 saturated carbocycles. The summed E-state index contributed by atoms with van der Waals surface area (Å²) in [7, 11) is 1.49. The molecule has 0 aliphatic carbocycles. The lowest BCUT2D eigenvalue weighted by molar-refractivity contribution is -0.131. The molecule has 1 aliphatic heterocycles. The number of nitrogens with two attached hydrogens (primary N) is 1. The number of hydrogen-bond donors (Lipinski definition) is 1. The molecule has 1 amide bonds. The Morgan fingerprint density at radius 3 is 2.79 bits per heavy atom. The number of likely N-dealkylation sites (N-methyl/N-ethyl adjacent to an activating group) is 1. The third-order valence-electron chi connectivity index (χ3n) is 5.08. The van der Waals surface area contributed by atoms with Crippen LogP contribution < -0.4 is 10.6 Å². The molecule has 150 valence electrons. The van der Waals surface area contributed by atoms with Gasteiger partial charge in [-0.3, -0.25) is 4.79 Å². The molecular formula is C18H21F3N6O. The van der Waals surface area contributed by atoms with Crippen molar-refractivity contribution in [3.05, 3.63) is 23.8 Å². The Bertz CT molecular complexity index is 940. The standard InChI is InChI=1S/C18H21F3N6O/c1-10(7-22)25(2)17(28)9-27-16-6-13(21)12(20)5-15(16)24-18(27)26-4-3-11(19)14(23)8-26/h5-6,10-11,14H,3-4,8-9,23H2,1-2H3/t10-,11-,14-/m1/s1. The third kappa shape index (κ3) is 3.62. The lowest BCUT2D eigenvalue weighted by Crippen LogP contribution is -2.50. The molecule has 7 nitrogen and oxygen atoms in total. The van der Waals surface area contributed by atoms with Crippen molar-refractivity contribution < 1.29 is 18.0 Å². The smallest absolute Gasteiger partial charge is 0.243 e. The van der Waals surface area contributed by atoms with E-state index in [4.69, 9.17) is 11.0 Å². The molecule has 1 aromatic carbocycles. The highest BCUT2D eigenvalue weighted by Crippen LogP contribution is 2.27. The molecule has 10 heteroatoms. The molecule has 0 spiro atoms. The Morgan fingerprint density at radius 1 is 1.46 bits per heavy atom. The quantitative estimate of drug-likeness (QED) is 0.850. The molecule has 2 aromatic rings. The van der Waals surface area contributed by atoms with Crippen LogP contribution in [0.25, 0.3) is 11.0 Å². The zero-order valence-electron chi connectivity index (χ0n) is 15.6. The largest absolute Gasteiger partial charge is 0.340 e. The van der Waals surface area contributed by atoms with E-state index < -0.39 is 35.8 Å². The zero-order chi connectivity index (χ0) is 20.6. The van der Waals surface area contributed by atoms with Gasteiger partial charge in [-0.15, -0.1) is 0 Å². The van der Waals surface area contributed by atoms with Gasteiger partial charge in [-0.25, -0.2) is 18.2 Å². The minimum Gasteiger partial charge on any atom is -0.340 e. The molecule has 1 aliphatic rings. The first-order valence-corrected chi connectivity index (χ1v) is 8.88. The maximum atomic E-state index is 13.8. The number of nitrogens with zero attached hydrogens (tertiary/aromatic N) is 5. The zero-order valence-corrected chi connectivity index (χ0v) is 15.6. The third-order valence-corrected chi connectivity index (χ3v) is 5.08. The molecule has 0 bridgehead atoms. The molecule has 2 heterocycles. The number of imidazole rings is 1. The summed E-state index contributed by atoms with van der Waals surface area (Å²) < 4.78 is 42.7. The van der Waals surface area contributed by atoms with Crippen molar-refractivity contribution in [1.29, 1.82) is 5.26 Å². The molecule has 1 fully saturated rings. The van der Waals surface area contributed by atoms with Crippen molar-refractivity contribution in [3.63, 3.8) is 0 Å². The topological polar surface area (TPSA) is 91.2 Å². The first-order valence-electron chi connectivity index (χ1n) is 8.88. The van der Waals surface area contributed by atoms with Gasteiger partial charge < -0.3 is 20.1 Å². The average molecular weight is 394 g/mol. The SMILES string of the molecule is C[C@H](C#N)N(C)C(=O)Cn1c(N2CC[C@@H](F)[C@H](N)C2)nc2cc(F)c(F)cc21. The number of hydrogen-bond acceptors (Lipinski definition) is 5. The van der Waals surface area contributed by atoms with Gasteiger partial charge >= 0.3 is 0 Å². The van der Waals surface area contributed by atoms with Crippen LogP contribution in [-0.4, -0.2) is 58.8 Å². The van der Waals surface area contributed by atoms with Crippen LogP contribution >= 0.6 is 0 Å². The monoisotopic (exact) mass is 394 g/mol. The Kier molecular flexibility index (Phi) is 5.47. The number of fused-ring (bicyclic) bond motifs is 1. The van der Waals surface area contributed by atoms with E-state index in [1.807, 2.05) is 6.07 Å². The Labute approximate surface area is 160 Å². The minimum absolute atomic E-state index is 0.161. The second-order valence-corrected chi connectivity index (χ2v) is 6.98. The number of piperidine rings is 1. The van der Waals surface area contributed by atoms with Crippen LogP contribution in [0.15, 0.2) is 12.1 Å². The van der Waals surface area contributed by atoms with Gasteiger partial charge in [0.25, 0.3) is 0 Å². The van der Waals surface area contributed by atoms with Gasteiger partial charge in [0.2, 0.25) is 11.9 Å². The van der Waals surface area contributed by atoms with Gasteiger partial charge in [0.15, 0.2) is 11.6 Å². The van der Waals surface area contributed by atoms with Gasteiger partial charge in [0.1, 0.15) is 18.8 Å². The lowest BCUT2D eigenvalue weighted by Gasteiger charge is -2.34. The van der Waals surface area contributed by atoms with E-state index in [9.17, 15) is 18.0 Å². The first kappa shape index (κ1) is 19.9. The fourth-order valence-electron chi connectivity index (χ4n) is 3.19. The van der Waals surface area contributed by atoms with E-state index in [2.05, 4.69) is 4.98 Å². The molecule has 0 radical (unpaired) electrons. The van der Waals surface area contributed by atoms with E-state index >= 15 is 0 Å². The molecule has 2 N–H and O–H groups in total. The van der Waals surface area contributed by atoms with E-state index in [1.165, 1.54) is 16.5 Å². The molecule has 3 atom stereocenters. The molecule has 1 saturated heterocycles. The summed E-state index contributed by atoms with van der Waals surface area (Å²) in [5.41, 5.74) is 6.23. The summed E-state index contributed by atoms with van der Waals surface area (Å²) in [5.74, 6) is -2.23. The highest BCUT2D eigenvalue weighted by atomic mass is 19.2. The van der Waals surface area contributed by atoms with Gasteiger partial charge in [-0.05, 0) is 13.3 Å². The number of amides is 1. The second kappa shape index (κ2) is 7.67. The number of halogens is 3. The van der Waals surface area contributed by atoms with Crippen molar-refractivity contribution in [2.75, 3.05) is 25.0 Å². The molecule has 0 unspecified atom stereocenters. The Hall–Kier alpha value is -2.80. The number of nitriles is 1.